The number of hydrogen-bond acceptors (Lipinski definition) is 5. The summed E-state index contributed by atoms with van der Waals surface area (Å²) in [6.45, 7) is 3.59. The number of Topliss-reactive ketones (excluding diaryl/α,β-unsaturated/α-hetero) is 1. The van der Waals surface area contributed by atoms with Crippen LogP contribution in [0.25, 0.3) is 0 Å². The molecule has 1 aromatic carbocycles. The first-order chi connectivity index (χ1) is 15.1. The standard InChI is InChI=1S/C25H22BrNO5/c1-10-6-12(7-11(2)22(10)29)19-13-4-5-14-20(25(32)27(3)24(14)31)15(13)8-16-21(19)18(28)9-17(26)23(16)30/h4,6-7,9,14-15,19-20,29H,5,8H2,1-3H3/t14-,15+,19-,20-/m0/s1. The summed E-state index contributed by atoms with van der Waals surface area (Å²) in [4.78, 5) is 53.1. The molecule has 3 aliphatic carbocycles. The van der Waals surface area contributed by atoms with E-state index in [0.29, 0.717) is 28.7 Å². The molecule has 5 rings (SSSR count). The number of likely N-dealkylation sites (tertiary alicyclic amines) is 1. The summed E-state index contributed by atoms with van der Waals surface area (Å²) in [5, 5.41) is 10.3. The highest BCUT2D eigenvalue weighted by molar-refractivity contribution is 9.12. The van der Waals surface area contributed by atoms with Gasteiger partial charge < -0.3 is 5.11 Å². The molecular weight excluding hydrogens is 474 g/mol. The van der Waals surface area contributed by atoms with Gasteiger partial charge in [0.1, 0.15) is 5.75 Å². The molecule has 1 N–H and O–H groups in total. The zero-order chi connectivity index (χ0) is 23.1. The number of nitrogens with zero attached hydrogens (tertiary/aromatic N) is 1. The molecule has 1 heterocycles. The summed E-state index contributed by atoms with van der Waals surface area (Å²) in [5.41, 5.74) is 3.92. The van der Waals surface area contributed by atoms with E-state index < -0.39 is 17.8 Å². The van der Waals surface area contributed by atoms with Crippen LogP contribution in [0.5, 0.6) is 5.75 Å². The summed E-state index contributed by atoms with van der Waals surface area (Å²) in [6, 6.07) is 3.68. The highest BCUT2D eigenvalue weighted by atomic mass is 79.9. The van der Waals surface area contributed by atoms with Gasteiger partial charge in [-0.25, -0.2) is 0 Å². The van der Waals surface area contributed by atoms with E-state index >= 15 is 0 Å². The van der Waals surface area contributed by atoms with E-state index in [1.54, 1.807) is 13.8 Å². The lowest BCUT2D eigenvalue weighted by atomic mass is 9.59. The van der Waals surface area contributed by atoms with Crippen molar-refractivity contribution in [1.82, 2.24) is 4.90 Å². The Balaban J connectivity index is 1.74. The van der Waals surface area contributed by atoms with Crippen molar-refractivity contribution in [2.45, 2.75) is 32.6 Å². The lowest BCUT2D eigenvalue weighted by Crippen LogP contribution is -2.39. The van der Waals surface area contributed by atoms with Gasteiger partial charge in [0.2, 0.25) is 11.8 Å². The minimum absolute atomic E-state index is 0.185. The molecule has 7 heteroatoms. The SMILES string of the molecule is Cc1cc([C@H]2C3=CC[C@@H]4C(=O)N(C)C(=O)[C@@H]4[C@@H]3CC3=C2C(=O)C=C(Br)C3=O)cc(C)c1O. The molecule has 164 valence electrons. The van der Waals surface area contributed by atoms with Crippen LogP contribution in [0.2, 0.25) is 0 Å². The van der Waals surface area contributed by atoms with Crippen LogP contribution >= 0.6 is 15.9 Å². The molecule has 1 aliphatic heterocycles. The second-order valence-corrected chi connectivity index (χ2v) is 9.99. The zero-order valence-corrected chi connectivity index (χ0v) is 19.5. The van der Waals surface area contributed by atoms with Crippen LogP contribution in [-0.4, -0.2) is 40.4 Å². The second kappa shape index (κ2) is 7.10. The van der Waals surface area contributed by atoms with Gasteiger partial charge in [-0.2, -0.15) is 0 Å². The Morgan fingerprint density at radius 3 is 2.34 bits per heavy atom. The van der Waals surface area contributed by atoms with Crippen molar-refractivity contribution in [3.8, 4) is 5.75 Å². The average Bonchev–Trinajstić information content (AvgIpc) is 2.98. The number of carbonyl (C=O) groups excluding carboxylic acids is 4. The van der Waals surface area contributed by atoms with Crippen molar-refractivity contribution in [1.29, 1.82) is 0 Å². The van der Waals surface area contributed by atoms with E-state index in [0.717, 1.165) is 11.1 Å². The Labute approximate surface area is 193 Å². The molecule has 0 radical (unpaired) electrons. The first-order valence-corrected chi connectivity index (χ1v) is 11.4. The van der Waals surface area contributed by atoms with Gasteiger partial charge in [0, 0.05) is 30.2 Å². The summed E-state index contributed by atoms with van der Waals surface area (Å²) < 4.78 is 0.212. The molecule has 0 unspecified atom stereocenters. The van der Waals surface area contributed by atoms with E-state index in [9.17, 15) is 24.3 Å². The van der Waals surface area contributed by atoms with E-state index in [2.05, 4.69) is 15.9 Å². The van der Waals surface area contributed by atoms with Gasteiger partial charge in [0.15, 0.2) is 11.6 Å². The largest absolute Gasteiger partial charge is 0.507 e. The quantitative estimate of drug-likeness (QED) is 0.366. The summed E-state index contributed by atoms with van der Waals surface area (Å²) in [5.74, 6) is -2.48. The molecule has 1 aromatic rings. The molecule has 0 bridgehead atoms. The second-order valence-electron chi connectivity index (χ2n) is 9.13. The molecule has 4 aliphatic rings. The average molecular weight is 496 g/mol. The topological polar surface area (TPSA) is 91.8 Å². The number of fused-ring (bicyclic) bond motifs is 3. The van der Waals surface area contributed by atoms with Gasteiger partial charge in [-0.05, 0) is 65.2 Å². The van der Waals surface area contributed by atoms with Gasteiger partial charge in [-0.1, -0.05) is 23.8 Å². The number of phenolic OH excluding ortho intramolecular Hbond substituents is 1. The lowest BCUT2D eigenvalue weighted by Gasteiger charge is -2.42. The number of imide groups is 1. The number of allylic oxidation sites excluding steroid dienone is 6. The maximum atomic E-state index is 13.2. The Morgan fingerprint density at radius 2 is 1.69 bits per heavy atom. The highest BCUT2D eigenvalue weighted by Gasteiger charge is 2.55. The van der Waals surface area contributed by atoms with Crippen LogP contribution in [-0.2, 0) is 19.2 Å². The predicted octanol–water partition coefficient (Wildman–Crippen LogP) is 3.40. The molecule has 1 saturated heterocycles. The van der Waals surface area contributed by atoms with Crippen molar-refractivity contribution in [2.24, 2.45) is 17.8 Å². The Morgan fingerprint density at radius 1 is 1.03 bits per heavy atom. The third-order valence-electron chi connectivity index (χ3n) is 7.40. The number of ketones is 2. The van der Waals surface area contributed by atoms with Crippen LogP contribution in [0.1, 0.15) is 35.4 Å². The minimum Gasteiger partial charge on any atom is -0.507 e. The number of aromatic hydroxyl groups is 1. The van der Waals surface area contributed by atoms with Crippen molar-refractivity contribution in [3.63, 3.8) is 0 Å². The smallest absolute Gasteiger partial charge is 0.233 e. The maximum absolute atomic E-state index is 13.2. The molecule has 2 amide bonds. The van der Waals surface area contributed by atoms with E-state index in [1.165, 1.54) is 18.0 Å². The number of halogens is 1. The molecule has 4 atom stereocenters. The van der Waals surface area contributed by atoms with Crippen LogP contribution < -0.4 is 0 Å². The van der Waals surface area contributed by atoms with Crippen molar-refractivity contribution >= 4 is 39.3 Å². The normalized spacial score (nSPS) is 29.6. The number of carbonyl (C=O) groups is 4. The molecule has 1 fully saturated rings. The third kappa shape index (κ3) is 2.76. The fraction of sp³-hybridized carbons (Fsp3) is 0.360. The monoisotopic (exact) mass is 495 g/mol. The van der Waals surface area contributed by atoms with Crippen LogP contribution in [0.4, 0.5) is 0 Å². The van der Waals surface area contributed by atoms with Crippen molar-refractivity contribution in [3.05, 3.63) is 62.2 Å². The van der Waals surface area contributed by atoms with Crippen LogP contribution in [0, 0.1) is 31.6 Å². The zero-order valence-electron chi connectivity index (χ0n) is 17.9. The van der Waals surface area contributed by atoms with Crippen LogP contribution in [0.3, 0.4) is 0 Å². The van der Waals surface area contributed by atoms with Gasteiger partial charge in [0.25, 0.3) is 0 Å². The highest BCUT2D eigenvalue weighted by Crippen LogP contribution is 2.55. The first kappa shape index (κ1) is 21.1. The van der Waals surface area contributed by atoms with Crippen molar-refractivity contribution < 1.29 is 24.3 Å². The fourth-order valence-corrected chi connectivity index (χ4v) is 6.35. The Bertz CT molecular complexity index is 1210. The minimum atomic E-state index is -0.532. The molecule has 32 heavy (non-hydrogen) atoms. The number of rotatable bonds is 1. The molecule has 0 aromatic heterocycles. The summed E-state index contributed by atoms with van der Waals surface area (Å²) in [6.07, 6.45) is 4.00. The number of amides is 2. The molecular formula is C25H22BrNO5. The lowest BCUT2D eigenvalue weighted by molar-refractivity contribution is -0.138. The Kier molecular flexibility index (Phi) is 4.68. The summed E-state index contributed by atoms with van der Waals surface area (Å²) >= 11 is 3.22. The molecule has 0 spiro atoms. The first-order valence-electron chi connectivity index (χ1n) is 10.6. The third-order valence-corrected chi connectivity index (χ3v) is 7.99. The van der Waals surface area contributed by atoms with Gasteiger partial charge in [-0.15, -0.1) is 0 Å². The van der Waals surface area contributed by atoms with E-state index in [1.807, 2.05) is 18.2 Å². The van der Waals surface area contributed by atoms with Gasteiger partial charge in [-0.3, -0.25) is 24.1 Å². The number of benzene rings is 1. The molecule has 6 nitrogen and oxygen atoms in total. The van der Waals surface area contributed by atoms with Gasteiger partial charge in [0.05, 0.1) is 16.3 Å². The van der Waals surface area contributed by atoms with E-state index in [-0.39, 0.29) is 46.0 Å². The van der Waals surface area contributed by atoms with E-state index in [4.69, 9.17) is 0 Å². The van der Waals surface area contributed by atoms with Gasteiger partial charge >= 0.3 is 0 Å². The fourth-order valence-electron chi connectivity index (χ4n) is 5.90. The number of aryl methyl sites for hydroxylation is 2. The maximum Gasteiger partial charge on any atom is 0.233 e. The number of phenols is 1. The predicted molar refractivity (Wildman–Crippen MR) is 120 cm³/mol. The summed E-state index contributed by atoms with van der Waals surface area (Å²) in [7, 11) is 1.51. The van der Waals surface area contributed by atoms with Crippen molar-refractivity contribution in [2.75, 3.05) is 7.05 Å². The molecule has 0 saturated carbocycles. The van der Waals surface area contributed by atoms with Crippen LogP contribution in [0.15, 0.2) is 45.5 Å². The Hall–Kier alpha value is -2.80. The number of hydrogen-bond donors (Lipinski definition) is 1.